The van der Waals surface area contributed by atoms with Crippen LogP contribution in [0.25, 0.3) is 6.08 Å². The van der Waals surface area contributed by atoms with Crippen molar-refractivity contribution in [2.45, 2.75) is 51.0 Å². The minimum Gasteiger partial charge on any atom is -0.339 e. The lowest BCUT2D eigenvalue weighted by Gasteiger charge is -2.34. The first-order valence-corrected chi connectivity index (χ1v) is 12.3. The van der Waals surface area contributed by atoms with Gasteiger partial charge in [0.2, 0.25) is 15.9 Å². The molecule has 2 aliphatic rings. The Kier molecular flexibility index (Phi) is 8.27. The molecule has 1 N–H and O–H groups in total. The van der Waals surface area contributed by atoms with E-state index < -0.39 is 10.0 Å². The van der Waals surface area contributed by atoms with E-state index in [0.717, 1.165) is 18.4 Å². The normalized spacial score (nSPS) is 20.5. The van der Waals surface area contributed by atoms with Gasteiger partial charge in [-0.05, 0) is 24.5 Å². The van der Waals surface area contributed by atoms with Gasteiger partial charge in [0.25, 0.3) is 0 Å². The highest BCUT2D eigenvalue weighted by Gasteiger charge is 2.27. The predicted molar refractivity (Wildman–Crippen MR) is 117 cm³/mol. The van der Waals surface area contributed by atoms with E-state index in [4.69, 9.17) is 0 Å². The molecule has 3 rings (SSSR count). The van der Waals surface area contributed by atoms with Gasteiger partial charge in [-0.3, -0.25) is 4.79 Å². The highest BCUT2D eigenvalue weighted by atomic mass is 32.2. The Morgan fingerprint density at radius 3 is 2.24 bits per heavy atom. The largest absolute Gasteiger partial charge is 0.339 e. The summed E-state index contributed by atoms with van der Waals surface area (Å²) < 4.78 is 26.6. The topological polar surface area (TPSA) is 69.7 Å². The number of carbonyl (C=O) groups excluding carboxylic acids is 1. The number of piperazine rings is 1. The molecule has 160 valence electrons. The summed E-state index contributed by atoms with van der Waals surface area (Å²) in [5, 5.41) is 4.69. The second-order valence-electron chi connectivity index (χ2n) is 7.96. The molecular formula is C22H33N3O3S. The summed E-state index contributed by atoms with van der Waals surface area (Å²) in [4.78, 5) is 14.3. The van der Waals surface area contributed by atoms with Crippen LogP contribution in [0.3, 0.4) is 0 Å². The SMILES string of the molecule is O=C(CNC1CCCCCCC1)N1CCN(S(=O)(=O)/C=C/c2ccccc2)CC1. The molecule has 0 atom stereocenters. The van der Waals surface area contributed by atoms with E-state index in [1.807, 2.05) is 30.3 Å². The summed E-state index contributed by atoms with van der Waals surface area (Å²) in [5.41, 5.74) is 0.852. The number of hydrogen-bond donors (Lipinski definition) is 1. The Morgan fingerprint density at radius 1 is 0.966 bits per heavy atom. The van der Waals surface area contributed by atoms with Crippen molar-refractivity contribution < 1.29 is 13.2 Å². The van der Waals surface area contributed by atoms with Crippen molar-refractivity contribution in [3.63, 3.8) is 0 Å². The van der Waals surface area contributed by atoms with Gasteiger partial charge in [-0.25, -0.2) is 8.42 Å². The number of nitrogens with one attached hydrogen (secondary N) is 1. The van der Waals surface area contributed by atoms with Crippen LogP contribution in [0.15, 0.2) is 35.7 Å². The average molecular weight is 420 g/mol. The molecule has 2 fully saturated rings. The summed E-state index contributed by atoms with van der Waals surface area (Å²) in [6, 6.07) is 9.82. The lowest BCUT2D eigenvalue weighted by Crippen LogP contribution is -2.52. The molecule has 0 radical (unpaired) electrons. The smallest absolute Gasteiger partial charge is 0.236 e. The second-order valence-corrected chi connectivity index (χ2v) is 9.78. The van der Waals surface area contributed by atoms with Crippen molar-refractivity contribution in [2.24, 2.45) is 0 Å². The van der Waals surface area contributed by atoms with Crippen molar-refractivity contribution in [3.05, 3.63) is 41.3 Å². The lowest BCUT2D eigenvalue weighted by molar-refractivity contribution is -0.131. The number of benzene rings is 1. The zero-order valence-electron chi connectivity index (χ0n) is 17.1. The number of hydrogen-bond acceptors (Lipinski definition) is 4. The maximum absolute atomic E-state index is 12.6. The molecule has 7 heteroatoms. The Bertz CT molecular complexity index is 764. The maximum atomic E-state index is 12.6. The minimum atomic E-state index is -3.47. The van der Waals surface area contributed by atoms with Crippen LogP contribution < -0.4 is 5.32 Å². The molecule has 1 saturated heterocycles. The molecule has 0 spiro atoms. The highest BCUT2D eigenvalue weighted by molar-refractivity contribution is 7.92. The molecule has 1 saturated carbocycles. The summed E-state index contributed by atoms with van der Waals surface area (Å²) in [6.45, 7) is 1.94. The Balaban J connectivity index is 1.44. The first-order chi connectivity index (χ1) is 14.0. The lowest BCUT2D eigenvalue weighted by atomic mass is 9.97. The quantitative estimate of drug-likeness (QED) is 0.770. The van der Waals surface area contributed by atoms with Crippen LogP contribution in [0.2, 0.25) is 0 Å². The zero-order chi connectivity index (χ0) is 20.5. The third-order valence-electron chi connectivity index (χ3n) is 5.83. The molecular weight excluding hydrogens is 386 g/mol. The van der Waals surface area contributed by atoms with Crippen molar-refractivity contribution in [1.29, 1.82) is 0 Å². The number of rotatable bonds is 6. The van der Waals surface area contributed by atoms with E-state index in [-0.39, 0.29) is 5.91 Å². The standard InChI is InChI=1S/C22H33N3O3S/c26-22(19-23-21-11-7-2-1-3-8-12-21)24-14-16-25(17-15-24)29(27,28)18-13-20-9-5-4-6-10-20/h4-6,9-10,13,18,21,23H,1-3,7-8,11-12,14-17,19H2/b18-13+. The van der Waals surface area contributed by atoms with Crippen LogP contribution in [0, 0.1) is 0 Å². The van der Waals surface area contributed by atoms with Crippen molar-refractivity contribution in [2.75, 3.05) is 32.7 Å². The minimum absolute atomic E-state index is 0.0731. The predicted octanol–water partition coefficient (Wildman–Crippen LogP) is 2.83. The van der Waals surface area contributed by atoms with Crippen LogP contribution in [-0.2, 0) is 14.8 Å². The van der Waals surface area contributed by atoms with Crippen molar-refractivity contribution >= 4 is 22.0 Å². The van der Waals surface area contributed by atoms with Crippen molar-refractivity contribution in [1.82, 2.24) is 14.5 Å². The van der Waals surface area contributed by atoms with Gasteiger partial charge in [0.1, 0.15) is 0 Å². The number of amides is 1. The molecule has 1 amide bonds. The van der Waals surface area contributed by atoms with E-state index in [9.17, 15) is 13.2 Å². The van der Waals surface area contributed by atoms with Gasteiger partial charge >= 0.3 is 0 Å². The molecule has 0 aromatic heterocycles. The molecule has 29 heavy (non-hydrogen) atoms. The fourth-order valence-electron chi connectivity index (χ4n) is 4.01. The van der Waals surface area contributed by atoms with E-state index >= 15 is 0 Å². The number of sulfonamides is 1. The highest BCUT2D eigenvalue weighted by Crippen LogP contribution is 2.17. The molecule has 1 aromatic carbocycles. The van der Waals surface area contributed by atoms with Gasteiger partial charge in [-0.2, -0.15) is 4.31 Å². The third kappa shape index (κ3) is 6.94. The molecule has 0 unspecified atom stereocenters. The first kappa shape index (κ1) is 22.0. The van der Waals surface area contributed by atoms with Gasteiger partial charge in [-0.15, -0.1) is 0 Å². The van der Waals surface area contributed by atoms with E-state index in [2.05, 4.69) is 5.32 Å². The summed E-state index contributed by atoms with van der Waals surface area (Å²) in [7, 11) is -3.47. The monoisotopic (exact) mass is 419 g/mol. The fourth-order valence-corrected chi connectivity index (χ4v) is 5.18. The van der Waals surface area contributed by atoms with E-state index in [0.29, 0.717) is 38.8 Å². The van der Waals surface area contributed by atoms with Gasteiger partial charge < -0.3 is 10.2 Å². The molecule has 6 nitrogen and oxygen atoms in total. The Labute approximate surface area is 175 Å². The van der Waals surface area contributed by atoms with Gasteiger partial charge in [0, 0.05) is 37.6 Å². The van der Waals surface area contributed by atoms with Gasteiger partial charge in [-0.1, -0.05) is 62.4 Å². The Hall–Kier alpha value is -1.70. The molecule has 1 aromatic rings. The van der Waals surface area contributed by atoms with Crippen LogP contribution in [0.5, 0.6) is 0 Å². The van der Waals surface area contributed by atoms with Gasteiger partial charge in [0.05, 0.1) is 6.54 Å². The van der Waals surface area contributed by atoms with Crippen LogP contribution >= 0.6 is 0 Å². The summed E-state index contributed by atoms with van der Waals surface area (Å²) in [5.74, 6) is 0.0731. The van der Waals surface area contributed by atoms with E-state index in [1.165, 1.54) is 41.8 Å². The van der Waals surface area contributed by atoms with Crippen LogP contribution in [-0.4, -0.2) is 62.3 Å². The zero-order valence-corrected chi connectivity index (χ0v) is 17.9. The molecule has 1 heterocycles. The number of carbonyl (C=O) groups is 1. The molecule has 0 bridgehead atoms. The Morgan fingerprint density at radius 2 is 1.59 bits per heavy atom. The molecule has 1 aliphatic carbocycles. The second kappa shape index (κ2) is 10.9. The maximum Gasteiger partial charge on any atom is 0.236 e. The fraction of sp³-hybridized carbons (Fsp3) is 0.591. The van der Waals surface area contributed by atoms with Gasteiger partial charge in [0.15, 0.2) is 0 Å². The third-order valence-corrected chi connectivity index (χ3v) is 7.40. The average Bonchev–Trinajstić information content (AvgIpc) is 2.72. The first-order valence-electron chi connectivity index (χ1n) is 10.8. The van der Waals surface area contributed by atoms with E-state index in [1.54, 1.807) is 11.0 Å². The van der Waals surface area contributed by atoms with Crippen molar-refractivity contribution in [3.8, 4) is 0 Å². The van der Waals surface area contributed by atoms with Crippen LogP contribution in [0.1, 0.15) is 50.5 Å². The molecule has 1 aliphatic heterocycles. The summed E-state index contributed by atoms with van der Waals surface area (Å²) >= 11 is 0. The number of nitrogens with zero attached hydrogens (tertiary/aromatic N) is 2. The summed E-state index contributed by atoms with van der Waals surface area (Å²) in [6.07, 6.45) is 10.3. The van der Waals surface area contributed by atoms with Crippen LogP contribution in [0.4, 0.5) is 0 Å².